The third-order valence-electron chi connectivity index (χ3n) is 4.27. The summed E-state index contributed by atoms with van der Waals surface area (Å²) >= 11 is 0. The standard InChI is InChI=1S/C16H29N2O5P/c1-11-12(2)16(18-13(3)19)15(23-14(11)9-20-4)10-22-24(5)21-8-6-7-17/h11-12,14-16H,6,8-10H2,1-5H3,(H,18,19)/t11-,12-,14?,15-,16+,24?/m0/s1/i4TD/t4?,11-,12-,14?,15-,16+,24?. The molecule has 0 aromatic carbocycles. The molecule has 0 bridgehead atoms. The fourth-order valence-corrected chi connectivity index (χ4v) is 3.54. The minimum atomic E-state index is -1.36. The smallest absolute Gasteiger partial charge is 0.217 e. The van der Waals surface area contributed by atoms with Crippen LogP contribution < -0.4 is 5.32 Å². The molecule has 138 valence electrons. The van der Waals surface area contributed by atoms with Crippen molar-refractivity contribution >= 4 is 14.3 Å². The van der Waals surface area contributed by atoms with Crippen molar-refractivity contribution in [3.63, 3.8) is 0 Å². The van der Waals surface area contributed by atoms with Crippen molar-refractivity contribution < 1.29 is 26.1 Å². The van der Waals surface area contributed by atoms with Crippen LogP contribution in [0.3, 0.4) is 0 Å². The number of hydrogen-bond acceptors (Lipinski definition) is 6. The first kappa shape index (κ1) is 18.0. The van der Waals surface area contributed by atoms with Crippen molar-refractivity contribution in [3.05, 3.63) is 0 Å². The van der Waals surface area contributed by atoms with Gasteiger partial charge in [0.25, 0.3) is 0 Å². The number of amides is 1. The monoisotopic (exact) mass is 363 g/mol. The Morgan fingerprint density at radius 3 is 2.79 bits per heavy atom. The first-order valence-corrected chi connectivity index (χ1v) is 9.63. The van der Waals surface area contributed by atoms with E-state index in [2.05, 4.69) is 5.32 Å². The molecule has 1 N–H and O–H groups in total. The third kappa shape index (κ3) is 6.62. The van der Waals surface area contributed by atoms with Crippen LogP contribution in [0, 0.1) is 23.2 Å². The molecule has 1 aliphatic rings. The summed E-state index contributed by atoms with van der Waals surface area (Å²) in [6, 6.07) is 1.79. The molecule has 0 aromatic rings. The van der Waals surface area contributed by atoms with Gasteiger partial charge in [0.2, 0.25) is 5.91 Å². The highest BCUT2D eigenvalue weighted by Gasteiger charge is 2.42. The van der Waals surface area contributed by atoms with E-state index < -0.39 is 21.5 Å². The second-order valence-electron chi connectivity index (χ2n) is 5.97. The van der Waals surface area contributed by atoms with Crippen LogP contribution in [0.4, 0.5) is 0 Å². The highest BCUT2D eigenvalue weighted by atomic mass is 31.2. The first-order valence-electron chi connectivity index (χ1n) is 9.16. The summed E-state index contributed by atoms with van der Waals surface area (Å²) in [6.07, 6.45) is -0.373. The van der Waals surface area contributed by atoms with Crippen molar-refractivity contribution in [2.24, 2.45) is 11.8 Å². The second kappa shape index (κ2) is 11.0. The Labute approximate surface area is 148 Å². The lowest BCUT2D eigenvalue weighted by Crippen LogP contribution is -2.58. The topological polar surface area (TPSA) is 89.8 Å². The van der Waals surface area contributed by atoms with Crippen LogP contribution in [-0.2, 0) is 23.3 Å². The van der Waals surface area contributed by atoms with Crippen LogP contribution in [-0.4, -0.2) is 57.7 Å². The summed E-state index contributed by atoms with van der Waals surface area (Å²) in [6.45, 7) is 8.01. The Hall–Kier alpha value is -0.770. The second-order valence-corrected chi connectivity index (χ2v) is 7.36. The molecule has 0 spiro atoms. The SMILES string of the molecule is [2H]C([3H])OCC1O[C@@H](COP(C)OCCC#N)[C@H](NC(C)=O)[C@@H](C)[C@@H]1C. The number of nitriles is 1. The van der Waals surface area contributed by atoms with Crippen LogP contribution in [0.15, 0.2) is 0 Å². The maximum Gasteiger partial charge on any atom is 0.217 e. The minimum Gasteiger partial charge on any atom is -0.382 e. The van der Waals surface area contributed by atoms with E-state index in [1.807, 2.05) is 19.9 Å². The molecule has 1 aliphatic heterocycles. The van der Waals surface area contributed by atoms with Gasteiger partial charge >= 0.3 is 0 Å². The summed E-state index contributed by atoms with van der Waals surface area (Å²) < 4.78 is 36.7. The van der Waals surface area contributed by atoms with Gasteiger partial charge in [-0.05, 0) is 11.8 Å². The molecule has 1 heterocycles. The third-order valence-corrected chi connectivity index (χ3v) is 5.33. The average Bonchev–Trinajstić information content (AvgIpc) is 2.57. The van der Waals surface area contributed by atoms with Crippen molar-refractivity contribution in [2.45, 2.75) is 45.4 Å². The van der Waals surface area contributed by atoms with Crippen molar-refractivity contribution in [1.29, 1.82) is 5.26 Å². The first-order chi connectivity index (χ1) is 12.3. The van der Waals surface area contributed by atoms with Crippen molar-refractivity contribution in [1.82, 2.24) is 5.32 Å². The molecule has 0 aromatic heterocycles. The van der Waals surface area contributed by atoms with Crippen molar-refractivity contribution in [3.8, 4) is 6.07 Å². The molecule has 0 saturated carbocycles. The van der Waals surface area contributed by atoms with Gasteiger partial charge in [-0.1, -0.05) is 13.8 Å². The number of nitrogens with zero attached hydrogens (tertiary/aromatic N) is 1. The largest absolute Gasteiger partial charge is 0.382 e. The zero-order valence-electron chi connectivity index (χ0n) is 16.7. The molecule has 7 atom stereocenters. The average molecular weight is 363 g/mol. The molecule has 1 saturated heterocycles. The lowest BCUT2D eigenvalue weighted by molar-refractivity contribution is -0.155. The Balaban J connectivity index is 2.70. The molecular weight excluding hydrogens is 331 g/mol. The van der Waals surface area contributed by atoms with E-state index in [0.717, 1.165) is 0 Å². The number of ether oxygens (including phenoxy) is 2. The fourth-order valence-electron chi connectivity index (χ4n) is 2.76. The number of carbonyl (C=O) groups excluding carboxylic acids is 1. The molecule has 0 aliphatic carbocycles. The normalized spacial score (nSPS) is 33.7. The predicted octanol–water partition coefficient (Wildman–Crippen LogP) is 2.07. The van der Waals surface area contributed by atoms with Crippen LogP contribution in [0.1, 0.15) is 29.9 Å². The Morgan fingerprint density at radius 1 is 1.42 bits per heavy atom. The summed E-state index contributed by atoms with van der Waals surface area (Å²) in [5, 5.41) is 11.5. The van der Waals surface area contributed by atoms with E-state index in [1.165, 1.54) is 6.92 Å². The molecule has 1 rings (SSSR count). The van der Waals surface area contributed by atoms with Crippen LogP contribution in [0.25, 0.3) is 0 Å². The molecule has 8 heteroatoms. The van der Waals surface area contributed by atoms with Gasteiger partial charge < -0.3 is 23.8 Å². The number of rotatable bonds is 9. The van der Waals surface area contributed by atoms with Gasteiger partial charge in [0, 0.05) is 20.7 Å². The van der Waals surface area contributed by atoms with Gasteiger partial charge in [0.1, 0.15) is 6.10 Å². The van der Waals surface area contributed by atoms with E-state index in [4.69, 9.17) is 26.5 Å². The highest BCUT2D eigenvalue weighted by Crippen LogP contribution is 2.36. The predicted molar refractivity (Wildman–Crippen MR) is 91.4 cm³/mol. The van der Waals surface area contributed by atoms with Gasteiger partial charge in [-0.25, -0.2) is 0 Å². The van der Waals surface area contributed by atoms with Crippen molar-refractivity contribution in [2.75, 3.05) is 33.5 Å². The van der Waals surface area contributed by atoms with Crippen LogP contribution in [0.5, 0.6) is 0 Å². The molecule has 1 fully saturated rings. The van der Waals surface area contributed by atoms with E-state index in [0.29, 0.717) is 13.0 Å². The van der Waals surface area contributed by atoms with E-state index in [9.17, 15) is 4.79 Å². The summed E-state index contributed by atoms with van der Waals surface area (Å²) in [5.74, 6) is 0.0444. The highest BCUT2D eigenvalue weighted by molar-refractivity contribution is 7.46. The van der Waals surface area contributed by atoms with E-state index >= 15 is 0 Å². The molecule has 24 heavy (non-hydrogen) atoms. The number of methoxy groups -OCH3 is 1. The number of hydrogen-bond donors (Lipinski definition) is 1. The molecule has 7 nitrogen and oxygen atoms in total. The van der Waals surface area contributed by atoms with Gasteiger partial charge in [-0.2, -0.15) is 5.26 Å². The quantitative estimate of drug-likeness (QED) is 0.498. The Morgan fingerprint density at radius 2 is 2.17 bits per heavy atom. The van der Waals surface area contributed by atoms with Crippen LogP contribution >= 0.6 is 8.38 Å². The molecule has 1 amide bonds. The van der Waals surface area contributed by atoms with Gasteiger partial charge in [-0.15, -0.1) is 0 Å². The number of carbonyl (C=O) groups is 1. The summed E-state index contributed by atoms with van der Waals surface area (Å²) in [4.78, 5) is 11.6. The zero-order valence-corrected chi connectivity index (χ0v) is 15.6. The molecular formula is C16H29N2O5P. The Bertz CT molecular complexity index is 480. The maximum absolute atomic E-state index is 11.6. The van der Waals surface area contributed by atoms with Gasteiger partial charge in [-0.3, -0.25) is 4.79 Å². The molecule has 0 radical (unpaired) electrons. The lowest BCUT2D eigenvalue weighted by atomic mass is 9.80. The fraction of sp³-hybridized carbons (Fsp3) is 0.875. The summed E-state index contributed by atoms with van der Waals surface area (Å²) in [5.41, 5.74) is 0. The lowest BCUT2D eigenvalue weighted by Gasteiger charge is -2.45. The minimum absolute atomic E-state index is 0.0804. The zero-order chi connectivity index (χ0) is 19.7. The Kier molecular flexibility index (Phi) is 8.24. The summed E-state index contributed by atoms with van der Waals surface area (Å²) in [7, 11) is -2.51. The van der Waals surface area contributed by atoms with Gasteiger partial charge in [0.05, 0.1) is 47.2 Å². The van der Waals surface area contributed by atoms with Crippen LogP contribution in [0.2, 0.25) is 0 Å². The van der Waals surface area contributed by atoms with E-state index in [-0.39, 0.29) is 43.1 Å². The molecule has 3 unspecified atom stereocenters. The maximum atomic E-state index is 11.6. The van der Waals surface area contributed by atoms with E-state index in [1.54, 1.807) is 6.66 Å². The number of nitrogens with one attached hydrogen (secondary N) is 1. The van der Waals surface area contributed by atoms with Gasteiger partial charge in [0.15, 0.2) is 8.38 Å².